The highest BCUT2D eigenvalue weighted by atomic mass is 35.5. The van der Waals surface area contributed by atoms with Gasteiger partial charge in [0.2, 0.25) is 10.0 Å². The monoisotopic (exact) mass is 519 g/mol. The first-order valence-electron chi connectivity index (χ1n) is 10.2. The summed E-state index contributed by atoms with van der Waals surface area (Å²) in [6.07, 6.45) is -2.22. The molecule has 1 unspecified atom stereocenters. The van der Waals surface area contributed by atoms with Crippen LogP contribution in [0, 0.1) is 18.3 Å². The Morgan fingerprint density at radius 3 is 2.49 bits per heavy atom. The van der Waals surface area contributed by atoms with Crippen LogP contribution in [0.1, 0.15) is 18.1 Å². The third-order valence-electron chi connectivity index (χ3n) is 5.35. The summed E-state index contributed by atoms with van der Waals surface area (Å²) in [5.41, 5.74) is 2.20. The van der Waals surface area contributed by atoms with E-state index in [9.17, 15) is 26.9 Å². The smallest absolute Gasteiger partial charge is 0.291 e. The fraction of sp³-hybridized carbons (Fsp3) is 0.174. The molecule has 3 aromatic heterocycles. The van der Waals surface area contributed by atoms with Gasteiger partial charge in [-0.3, -0.25) is 9.55 Å². The second kappa shape index (κ2) is 8.96. The van der Waals surface area contributed by atoms with E-state index in [1.807, 2.05) is 6.92 Å². The van der Waals surface area contributed by atoms with Crippen molar-refractivity contribution in [2.24, 2.45) is 0 Å². The van der Waals surface area contributed by atoms with Crippen molar-refractivity contribution in [3.63, 3.8) is 0 Å². The quantitative estimate of drug-likeness (QED) is 0.393. The topological polar surface area (TPSA) is 101 Å². The average molecular weight is 520 g/mol. The van der Waals surface area contributed by atoms with Crippen molar-refractivity contribution in [3.8, 4) is 23.3 Å². The number of alkyl halides is 3. The number of benzene rings is 1. The van der Waals surface area contributed by atoms with Crippen LogP contribution in [0.15, 0.2) is 59.8 Å². The number of rotatable bonds is 5. The Bertz CT molecular complexity index is 1560. The molecular weight excluding hydrogens is 503 g/mol. The molecule has 1 atom stereocenters. The van der Waals surface area contributed by atoms with E-state index in [4.69, 9.17) is 11.6 Å². The number of nitrogens with zero attached hydrogens (tertiary/aromatic N) is 4. The van der Waals surface area contributed by atoms with Crippen molar-refractivity contribution in [2.45, 2.75) is 31.0 Å². The lowest BCUT2D eigenvalue weighted by atomic mass is 10.1. The molecule has 7 nitrogen and oxygen atoms in total. The van der Waals surface area contributed by atoms with Gasteiger partial charge in [0.05, 0.1) is 22.5 Å². The first-order chi connectivity index (χ1) is 16.4. The molecule has 0 amide bonds. The number of aromatic nitrogens is 3. The van der Waals surface area contributed by atoms with Crippen molar-refractivity contribution in [1.82, 2.24) is 19.3 Å². The summed E-state index contributed by atoms with van der Waals surface area (Å²) in [5, 5.41) is 11.0. The summed E-state index contributed by atoms with van der Waals surface area (Å²) in [4.78, 5) is 8.12. The highest BCUT2D eigenvalue weighted by molar-refractivity contribution is 7.89. The largest absolute Gasteiger partial charge is 0.404 e. The van der Waals surface area contributed by atoms with Crippen LogP contribution in [-0.4, -0.2) is 35.2 Å². The zero-order chi connectivity index (χ0) is 25.5. The number of nitriles is 1. The molecule has 12 heteroatoms. The van der Waals surface area contributed by atoms with Crippen LogP contribution in [0.25, 0.3) is 28.1 Å². The van der Waals surface area contributed by atoms with Gasteiger partial charge >= 0.3 is 6.18 Å². The number of sulfonamides is 1. The van der Waals surface area contributed by atoms with Gasteiger partial charge in [-0.05, 0) is 55.8 Å². The van der Waals surface area contributed by atoms with Gasteiger partial charge in [-0.1, -0.05) is 17.7 Å². The molecule has 0 radical (unpaired) electrons. The summed E-state index contributed by atoms with van der Waals surface area (Å²) < 4.78 is 66.7. The van der Waals surface area contributed by atoms with E-state index in [-0.39, 0.29) is 11.3 Å². The number of hydrogen-bond acceptors (Lipinski definition) is 5. The van der Waals surface area contributed by atoms with Crippen LogP contribution in [-0.2, 0) is 10.0 Å². The predicted molar refractivity (Wildman–Crippen MR) is 125 cm³/mol. The van der Waals surface area contributed by atoms with Gasteiger partial charge in [0.15, 0.2) is 0 Å². The molecule has 0 fully saturated rings. The standard InChI is InChI=1S/C23H17ClF3N5O2S/c1-13-9-20-16(10-18(13)24)17(11-28)22(32(20)21-5-3-4-8-29-21)19-7-6-15(12-30-19)35(33,34)31-14(2)23(25,26)27/h3-10,12,14,31H,1-2H3. The van der Waals surface area contributed by atoms with Gasteiger partial charge in [0, 0.05) is 22.8 Å². The lowest BCUT2D eigenvalue weighted by molar-refractivity contribution is -0.147. The van der Waals surface area contributed by atoms with E-state index in [0.29, 0.717) is 34.4 Å². The van der Waals surface area contributed by atoms with E-state index in [2.05, 4.69) is 16.0 Å². The number of nitrogens with one attached hydrogen (secondary N) is 1. The van der Waals surface area contributed by atoms with Crippen LogP contribution in [0.5, 0.6) is 0 Å². The highest BCUT2D eigenvalue weighted by Crippen LogP contribution is 2.37. The molecule has 0 saturated carbocycles. The fourth-order valence-electron chi connectivity index (χ4n) is 3.54. The van der Waals surface area contributed by atoms with Gasteiger partial charge in [-0.15, -0.1) is 0 Å². The number of halogens is 4. The lowest BCUT2D eigenvalue weighted by Gasteiger charge is -2.17. The normalized spacial score (nSPS) is 13.1. The molecule has 4 aromatic rings. The van der Waals surface area contributed by atoms with Crippen molar-refractivity contribution < 1.29 is 21.6 Å². The van der Waals surface area contributed by atoms with E-state index in [1.54, 1.807) is 45.8 Å². The molecule has 1 aromatic carbocycles. The zero-order valence-electron chi connectivity index (χ0n) is 18.3. The molecule has 4 rings (SSSR count). The fourth-order valence-corrected chi connectivity index (χ4v) is 4.88. The molecule has 0 aliphatic carbocycles. The second-order valence-corrected chi connectivity index (χ2v) is 9.86. The predicted octanol–water partition coefficient (Wildman–Crippen LogP) is 5.15. The first kappa shape index (κ1) is 24.7. The lowest BCUT2D eigenvalue weighted by Crippen LogP contribution is -2.42. The Morgan fingerprint density at radius 1 is 1.17 bits per heavy atom. The summed E-state index contributed by atoms with van der Waals surface area (Å²) in [5.74, 6) is 0.481. The molecule has 180 valence electrons. The van der Waals surface area contributed by atoms with Gasteiger partial charge < -0.3 is 0 Å². The number of hydrogen-bond donors (Lipinski definition) is 1. The third kappa shape index (κ3) is 4.60. The summed E-state index contributed by atoms with van der Waals surface area (Å²) in [6, 6.07) is 11.0. The molecule has 1 N–H and O–H groups in total. The molecular formula is C23H17ClF3N5O2S. The molecule has 35 heavy (non-hydrogen) atoms. The summed E-state index contributed by atoms with van der Waals surface area (Å²) in [6.45, 7) is 2.52. The van der Waals surface area contributed by atoms with Gasteiger partial charge in [-0.2, -0.15) is 23.2 Å². The van der Waals surface area contributed by atoms with Gasteiger partial charge in [0.1, 0.15) is 22.8 Å². The summed E-state index contributed by atoms with van der Waals surface area (Å²) >= 11 is 6.31. The van der Waals surface area contributed by atoms with Crippen molar-refractivity contribution in [3.05, 3.63) is 71.0 Å². The van der Waals surface area contributed by atoms with E-state index >= 15 is 0 Å². The van der Waals surface area contributed by atoms with Crippen LogP contribution in [0.2, 0.25) is 5.02 Å². The average Bonchev–Trinajstić information content (AvgIpc) is 3.12. The molecule has 0 bridgehead atoms. The Kier molecular flexibility index (Phi) is 6.31. The van der Waals surface area contributed by atoms with E-state index in [1.165, 1.54) is 6.07 Å². The maximum absolute atomic E-state index is 12.8. The van der Waals surface area contributed by atoms with Crippen LogP contribution < -0.4 is 4.72 Å². The minimum atomic E-state index is -4.74. The number of pyridine rings is 2. The van der Waals surface area contributed by atoms with Crippen LogP contribution in [0.4, 0.5) is 13.2 Å². The minimum Gasteiger partial charge on any atom is -0.291 e. The molecule has 0 aliphatic rings. The highest BCUT2D eigenvalue weighted by Gasteiger charge is 2.39. The van der Waals surface area contributed by atoms with Crippen molar-refractivity contribution >= 4 is 32.5 Å². The maximum atomic E-state index is 12.8. The summed E-state index contributed by atoms with van der Waals surface area (Å²) in [7, 11) is -4.49. The van der Waals surface area contributed by atoms with Crippen molar-refractivity contribution in [2.75, 3.05) is 0 Å². The molecule has 0 aliphatic heterocycles. The Labute approximate surface area is 203 Å². The van der Waals surface area contributed by atoms with Crippen LogP contribution >= 0.6 is 11.6 Å². The van der Waals surface area contributed by atoms with E-state index < -0.39 is 27.1 Å². The third-order valence-corrected chi connectivity index (χ3v) is 7.28. The van der Waals surface area contributed by atoms with Gasteiger partial charge in [0.25, 0.3) is 0 Å². The number of aryl methyl sites for hydroxylation is 1. The second-order valence-electron chi connectivity index (χ2n) is 7.74. The first-order valence-corrected chi connectivity index (χ1v) is 12.0. The zero-order valence-corrected chi connectivity index (χ0v) is 19.9. The SMILES string of the molecule is Cc1cc2c(cc1Cl)c(C#N)c(-c1ccc(S(=O)(=O)NC(C)C(F)(F)F)cn1)n2-c1ccccn1. The Balaban J connectivity index is 1.90. The Morgan fingerprint density at radius 2 is 1.91 bits per heavy atom. The van der Waals surface area contributed by atoms with Crippen LogP contribution in [0.3, 0.4) is 0 Å². The molecule has 0 saturated heterocycles. The van der Waals surface area contributed by atoms with E-state index in [0.717, 1.165) is 17.8 Å². The number of fused-ring (bicyclic) bond motifs is 1. The molecule has 3 heterocycles. The minimum absolute atomic E-state index is 0.222. The maximum Gasteiger partial charge on any atom is 0.404 e. The molecule has 0 spiro atoms. The van der Waals surface area contributed by atoms with Crippen molar-refractivity contribution in [1.29, 1.82) is 5.26 Å². The van der Waals surface area contributed by atoms with Gasteiger partial charge in [-0.25, -0.2) is 13.4 Å². The Hall–Kier alpha value is -3.46.